The zero-order valence-corrected chi connectivity index (χ0v) is 21.0. The van der Waals surface area contributed by atoms with Crippen molar-refractivity contribution in [3.8, 4) is 11.1 Å². The van der Waals surface area contributed by atoms with Gasteiger partial charge in [-0.25, -0.2) is 13.6 Å². The van der Waals surface area contributed by atoms with Crippen LogP contribution in [0, 0.1) is 11.6 Å². The van der Waals surface area contributed by atoms with E-state index in [0.717, 1.165) is 43.7 Å². The molecule has 1 spiro atoms. The monoisotopic (exact) mass is 509 g/mol. The molecule has 2 heterocycles. The van der Waals surface area contributed by atoms with Crippen molar-refractivity contribution in [3.05, 3.63) is 120 Å². The maximum Gasteiger partial charge on any atom is 0.326 e. The minimum Gasteiger partial charge on any atom is -0.307 e. The number of piperidine rings is 1. The van der Waals surface area contributed by atoms with Crippen LogP contribution in [0.2, 0.25) is 0 Å². The fraction of sp³-hybridized carbons (Fsp3) is 0.219. The van der Waals surface area contributed by atoms with Crippen molar-refractivity contribution in [1.29, 1.82) is 0 Å². The van der Waals surface area contributed by atoms with Gasteiger partial charge in [-0.1, -0.05) is 60.7 Å². The van der Waals surface area contributed by atoms with Crippen molar-refractivity contribution in [2.24, 2.45) is 0 Å². The molecule has 0 bridgehead atoms. The number of likely N-dealkylation sites (tertiary alicyclic amines) is 1. The number of fused-ring (bicyclic) bond motifs is 2. The Morgan fingerprint density at radius 3 is 2.34 bits per heavy atom. The molecule has 1 N–H and O–H groups in total. The van der Waals surface area contributed by atoms with Gasteiger partial charge in [0.25, 0.3) is 0 Å². The fourth-order valence-corrected chi connectivity index (χ4v) is 5.94. The molecule has 192 valence electrons. The Morgan fingerprint density at radius 1 is 0.816 bits per heavy atom. The number of anilines is 2. The minimum atomic E-state index is -0.413. The van der Waals surface area contributed by atoms with E-state index in [1.165, 1.54) is 34.9 Å². The van der Waals surface area contributed by atoms with E-state index in [0.29, 0.717) is 12.2 Å². The summed E-state index contributed by atoms with van der Waals surface area (Å²) in [4.78, 5) is 17.4. The molecule has 0 unspecified atom stereocenters. The van der Waals surface area contributed by atoms with E-state index in [-0.39, 0.29) is 17.3 Å². The molecule has 38 heavy (non-hydrogen) atoms. The number of nitrogens with one attached hydrogen (secondary N) is 1. The number of hydrogen-bond donors (Lipinski definition) is 1. The molecule has 1 saturated heterocycles. The first-order chi connectivity index (χ1) is 18.5. The zero-order chi connectivity index (χ0) is 26.1. The summed E-state index contributed by atoms with van der Waals surface area (Å²) in [6.07, 6.45) is 1.64. The van der Waals surface area contributed by atoms with Gasteiger partial charge in [-0.3, -0.25) is 9.80 Å². The molecule has 0 saturated carbocycles. The van der Waals surface area contributed by atoms with Crippen LogP contribution in [0.4, 0.5) is 25.0 Å². The van der Waals surface area contributed by atoms with Crippen molar-refractivity contribution >= 4 is 17.4 Å². The fourth-order valence-electron chi connectivity index (χ4n) is 5.94. The van der Waals surface area contributed by atoms with Gasteiger partial charge < -0.3 is 5.32 Å². The first-order valence-electron chi connectivity index (χ1n) is 13.0. The molecule has 2 aliphatic rings. The van der Waals surface area contributed by atoms with Crippen LogP contribution in [0.5, 0.6) is 0 Å². The Balaban J connectivity index is 1.20. The number of benzene rings is 4. The van der Waals surface area contributed by atoms with Crippen molar-refractivity contribution < 1.29 is 13.6 Å². The van der Waals surface area contributed by atoms with Crippen LogP contribution in [-0.4, -0.2) is 30.6 Å². The molecule has 4 aromatic carbocycles. The summed E-state index contributed by atoms with van der Waals surface area (Å²) in [6, 6.07) is 29.1. The minimum absolute atomic E-state index is 0.297. The van der Waals surface area contributed by atoms with E-state index in [1.54, 1.807) is 29.2 Å². The van der Waals surface area contributed by atoms with Crippen LogP contribution in [0.1, 0.15) is 24.0 Å². The predicted octanol–water partition coefficient (Wildman–Crippen LogP) is 7.22. The van der Waals surface area contributed by atoms with Gasteiger partial charge in [0, 0.05) is 29.9 Å². The summed E-state index contributed by atoms with van der Waals surface area (Å²) in [5.74, 6) is -0.709. The highest BCUT2D eigenvalue weighted by Gasteiger charge is 2.46. The number of rotatable bonds is 4. The molecule has 4 nitrogen and oxygen atoms in total. The molecule has 0 aromatic heterocycles. The van der Waals surface area contributed by atoms with Gasteiger partial charge in [-0.2, -0.15) is 0 Å². The van der Waals surface area contributed by atoms with Gasteiger partial charge in [0.15, 0.2) is 0 Å². The number of nitrogens with zero attached hydrogens (tertiary/aromatic N) is 2. The molecule has 0 aliphatic carbocycles. The van der Waals surface area contributed by atoms with Crippen LogP contribution in [0.15, 0.2) is 97.1 Å². The summed E-state index contributed by atoms with van der Waals surface area (Å²) in [7, 11) is 0. The average Bonchev–Trinajstić information content (AvgIpc) is 3.24. The summed E-state index contributed by atoms with van der Waals surface area (Å²) < 4.78 is 28.1. The number of urea groups is 1. The van der Waals surface area contributed by atoms with Crippen LogP contribution in [-0.2, 0) is 12.0 Å². The Labute approximate surface area is 221 Å². The summed E-state index contributed by atoms with van der Waals surface area (Å²) in [5.41, 5.74) is 5.42. The first-order valence-corrected chi connectivity index (χ1v) is 13.0. The second-order valence-electron chi connectivity index (χ2n) is 10.3. The highest BCUT2D eigenvalue weighted by molar-refractivity contribution is 6.03. The van der Waals surface area contributed by atoms with E-state index in [4.69, 9.17) is 0 Å². The van der Waals surface area contributed by atoms with Crippen molar-refractivity contribution in [1.82, 2.24) is 4.90 Å². The zero-order valence-electron chi connectivity index (χ0n) is 21.0. The van der Waals surface area contributed by atoms with E-state index in [9.17, 15) is 13.6 Å². The lowest BCUT2D eigenvalue weighted by Gasteiger charge is -2.40. The molecule has 6 heteroatoms. The summed E-state index contributed by atoms with van der Waals surface area (Å²) >= 11 is 0. The third kappa shape index (κ3) is 4.68. The normalized spacial score (nSPS) is 16.4. The Hall–Kier alpha value is -4.03. The molecule has 1 fully saturated rings. The smallest absolute Gasteiger partial charge is 0.307 e. The molecule has 6 rings (SSSR count). The maximum atomic E-state index is 14.4. The molecule has 4 aromatic rings. The standard InChI is InChI=1S/C32H29F2N3O/c33-25-10-6-11-27(19-25)35-31(38)37-22-32(29-20-26(34)13-14-30(29)37)15-17-36(18-16-32)21-24-9-4-5-12-28(24)23-7-2-1-3-8-23/h1-14,19-20H,15-18,21-22H2,(H,35,38). The molecule has 0 radical (unpaired) electrons. The van der Waals surface area contributed by atoms with Gasteiger partial charge in [0.2, 0.25) is 0 Å². The van der Waals surface area contributed by atoms with E-state index in [1.807, 2.05) is 6.07 Å². The maximum absolute atomic E-state index is 14.4. The van der Waals surface area contributed by atoms with Crippen LogP contribution in [0.25, 0.3) is 11.1 Å². The highest BCUT2D eigenvalue weighted by Crippen LogP contribution is 2.47. The quantitative estimate of drug-likeness (QED) is 0.315. The lowest BCUT2D eigenvalue weighted by molar-refractivity contribution is 0.160. The van der Waals surface area contributed by atoms with Gasteiger partial charge in [0.1, 0.15) is 11.6 Å². The lowest BCUT2D eigenvalue weighted by atomic mass is 9.74. The van der Waals surface area contributed by atoms with E-state index in [2.05, 4.69) is 58.7 Å². The lowest BCUT2D eigenvalue weighted by Crippen LogP contribution is -2.46. The second-order valence-corrected chi connectivity index (χ2v) is 10.3. The number of amides is 2. The Kier molecular flexibility index (Phi) is 6.42. The Morgan fingerprint density at radius 2 is 1.55 bits per heavy atom. The first kappa shape index (κ1) is 24.3. The second kappa shape index (κ2) is 10.0. The number of hydrogen-bond acceptors (Lipinski definition) is 2. The summed E-state index contributed by atoms with van der Waals surface area (Å²) in [5, 5.41) is 2.81. The van der Waals surface area contributed by atoms with Crippen molar-refractivity contribution in [2.45, 2.75) is 24.8 Å². The van der Waals surface area contributed by atoms with Crippen molar-refractivity contribution in [3.63, 3.8) is 0 Å². The van der Waals surface area contributed by atoms with Gasteiger partial charge in [0.05, 0.1) is 0 Å². The number of halogens is 2. The molecular formula is C32H29F2N3O. The largest absolute Gasteiger partial charge is 0.326 e. The van der Waals surface area contributed by atoms with Crippen LogP contribution >= 0.6 is 0 Å². The molecule has 2 amide bonds. The van der Waals surface area contributed by atoms with E-state index < -0.39 is 5.82 Å². The summed E-state index contributed by atoms with van der Waals surface area (Å²) in [6.45, 7) is 3.00. The third-order valence-corrected chi connectivity index (χ3v) is 7.91. The molecule has 0 atom stereocenters. The SMILES string of the molecule is O=C(Nc1cccc(F)c1)N1CC2(CCN(Cc3ccccc3-c3ccccc3)CC2)c2cc(F)ccc21. The third-order valence-electron chi connectivity index (χ3n) is 7.91. The van der Waals surface area contributed by atoms with Crippen molar-refractivity contribution in [2.75, 3.05) is 29.9 Å². The number of carbonyl (C=O) groups is 1. The van der Waals surface area contributed by atoms with Crippen LogP contribution in [0.3, 0.4) is 0 Å². The van der Waals surface area contributed by atoms with Gasteiger partial charge in [-0.15, -0.1) is 0 Å². The molecular weight excluding hydrogens is 480 g/mol. The van der Waals surface area contributed by atoms with Gasteiger partial charge >= 0.3 is 6.03 Å². The topological polar surface area (TPSA) is 35.6 Å². The average molecular weight is 510 g/mol. The molecule has 2 aliphatic heterocycles. The van der Waals surface area contributed by atoms with Gasteiger partial charge in [-0.05, 0) is 84.6 Å². The Bertz CT molecular complexity index is 1460. The highest BCUT2D eigenvalue weighted by atomic mass is 19.1. The predicted molar refractivity (Wildman–Crippen MR) is 147 cm³/mol. The number of carbonyl (C=O) groups excluding carboxylic acids is 1. The van der Waals surface area contributed by atoms with E-state index >= 15 is 0 Å². The van der Waals surface area contributed by atoms with Crippen LogP contribution < -0.4 is 10.2 Å².